The van der Waals surface area contributed by atoms with E-state index in [1.807, 2.05) is 0 Å². The summed E-state index contributed by atoms with van der Waals surface area (Å²) in [5.41, 5.74) is 5.37. The van der Waals surface area contributed by atoms with Crippen LogP contribution in [0.5, 0.6) is 11.5 Å². The molecule has 0 bridgehead atoms. The maximum atomic E-state index is 14.3. The molecule has 0 spiro atoms. The van der Waals surface area contributed by atoms with Crippen LogP contribution in [0.3, 0.4) is 0 Å². The summed E-state index contributed by atoms with van der Waals surface area (Å²) >= 11 is 0. The number of carboxylic acids is 1. The molecular formula is C14H18FNO4. The Kier molecular flexibility index (Phi) is 3.85. The molecule has 1 aliphatic rings. The maximum absolute atomic E-state index is 14.3. The molecule has 0 fully saturated rings. The minimum Gasteiger partial charge on any atom is -0.481 e. The number of ether oxygens (including phenoxy) is 2. The smallest absolute Gasteiger partial charge is 0.303 e. The van der Waals surface area contributed by atoms with E-state index < -0.39 is 17.7 Å². The van der Waals surface area contributed by atoms with Gasteiger partial charge in [0.05, 0.1) is 0 Å². The fourth-order valence-electron chi connectivity index (χ4n) is 2.21. The monoisotopic (exact) mass is 283 g/mol. The fraction of sp³-hybridized carbons (Fsp3) is 0.500. The highest BCUT2D eigenvalue weighted by molar-refractivity contribution is 5.66. The third-order valence-corrected chi connectivity index (χ3v) is 3.25. The molecule has 0 aromatic heterocycles. The van der Waals surface area contributed by atoms with Crippen molar-refractivity contribution in [1.82, 2.24) is 0 Å². The summed E-state index contributed by atoms with van der Waals surface area (Å²) in [6.07, 6.45) is 0.166. The SMILES string of the molecule is CC(C)(F)c1cc2c(cc1C(N)CCC(=O)O)OCO2. The lowest BCUT2D eigenvalue weighted by Crippen LogP contribution is -2.20. The quantitative estimate of drug-likeness (QED) is 0.867. The number of alkyl halides is 1. The van der Waals surface area contributed by atoms with Crippen molar-refractivity contribution in [2.24, 2.45) is 5.73 Å². The van der Waals surface area contributed by atoms with Crippen molar-refractivity contribution >= 4 is 5.97 Å². The largest absolute Gasteiger partial charge is 0.481 e. The number of fused-ring (bicyclic) bond motifs is 1. The van der Waals surface area contributed by atoms with Crippen LogP contribution in [0.15, 0.2) is 12.1 Å². The van der Waals surface area contributed by atoms with Gasteiger partial charge in [-0.3, -0.25) is 4.79 Å². The van der Waals surface area contributed by atoms with Gasteiger partial charge in [0, 0.05) is 12.5 Å². The summed E-state index contributed by atoms with van der Waals surface area (Å²) in [6.45, 7) is 2.95. The van der Waals surface area contributed by atoms with E-state index >= 15 is 0 Å². The minimum absolute atomic E-state index is 0.0677. The molecule has 20 heavy (non-hydrogen) atoms. The molecule has 1 atom stereocenters. The van der Waals surface area contributed by atoms with Gasteiger partial charge in [0.15, 0.2) is 11.5 Å². The summed E-state index contributed by atoms with van der Waals surface area (Å²) < 4.78 is 24.9. The van der Waals surface area contributed by atoms with Crippen LogP contribution in [0.4, 0.5) is 4.39 Å². The number of benzene rings is 1. The van der Waals surface area contributed by atoms with Crippen LogP contribution in [-0.2, 0) is 10.5 Å². The Hall–Kier alpha value is -1.82. The minimum atomic E-state index is -1.60. The zero-order valence-corrected chi connectivity index (χ0v) is 11.5. The van der Waals surface area contributed by atoms with Crippen molar-refractivity contribution in [2.75, 3.05) is 6.79 Å². The Balaban J connectivity index is 2.37. The average Bonchev–Trinajstić information content (AvgIpc) is 2.80. The van der Waals surface area contributed by atoms with Gasteiger partial charge >= 0.3 is 5.97 Å². The molecule has 3 N–H and O–H groups in total. The molecule has 1 aliphatic heterocycles. The number of hydrogen-bond donors (Lipinski definition) is 2. The normalized spacial score (nSPS) is 15.2. The van der Waals surface area contributed by atoms with Crippen molar-refractivity contribution in [2.45, 2.75) is 38.4 Å². The van der Waals surface area contributed by atoms with Crippen LogP contribution >= 0.6 is 0 Å². The zero-order valence-electron chi connectivity index (χ0n) is 11.5. The molecule has 1 unspecified atom stereocenters. The third kappa shape index (κ3) is 3.01. The summed E-state index contributed by atoms with van der Waals surface area (Å²) in [6, 6.07) is 2.66. The predicted molar refractivity (Wildman–Crippen MR) is 70.5 cm³/mol. The second-order valence-electron chi connectivity index (χ2n) is 5.30. The molecule has 5 nitrogen and oxygen atoms in total. The van der Waals surface area contributed by atoms with E-state index in [0.717, 1.165) is 0 Å². The molecule has 0 aliphatic carbocycles. The summed E-state index contributed by atoms with van der Waals surface area (Å²) in [5, 5.41) is 8.72. The Morgan fingerprint density at radius 1 is 1.45 bits per heavy atom. The molecule has 0 saturated carbocycles. The molecule has 0 saturated heterocycles. The molecule has 0 amide bonds. The van der Waals surface area contributed by atoms with Crippen LogP contribution in [-0.4, -0.2) is 17.9 Å². The highest BCUT2D eigenvalue weighted by atomic mass is 19.1. The first-order chi connectivity index (χ1) is 9.29. The van der Waals surface area contributed by atoms with Crippen LogP contribution < -0.4 is 15.2 Å². The van der Waals surface area contributed by atoms with E-state index in [1.165, 1.54) is 13.8 Å². The van der Waals surface area contributed by atoms with Crippen molar-refractivity contribution < 1.29 is 23.8 Å². The van der Waals surface area contributed by atoms with Crippen molar-refractivity contribution in [1.29, 1.82) is 0 Å². The Bertz CT molecular complexity index is 525. The maximum Gasteiger partial charge on any atom is 0.303 e. The van der Waals surface area contributed by atoms with E-state index in [1.54, 1.807) is 12.1 Å². The molecule has 0 radical (unpaired) electrons. The first kappa shape index (κ1) is 14.6. The first-order valence-corrected chi connectivity index (χ1v) is 6.39. The second kappa shape index (κ2) is 5.28. The predicted octanol–water partition coefficient (Wildman–Crippen LogP) is 2.48. The number of carboxylic acid groups (broad SMARTS) is 1. The lowest BCUT2D eigenvalue weighted by atomic mass is 9.89. The summed E-state index contributed by atoms with van der Waals surface area (Å²) in [7, 11) is 0. The number of carbonyl (C=O) groups is 1. The van der Waals surface area contributed by atoms with Crippen molar-refractivity contribution in [3.63, 3.8) is 0 Å². The number of rotatable bonds is 5. The highest BCUT2D eigenvalue weighted by Crippen LogP contribution is 2.41. The lowest BCUT2D eigenvalue weighted by molar-refractivity contribution is -0.137. The molecule has 1 aromatic carbocycles. The number of hydrogen-bond acceptors (Lipinski definition) is 4. The second-order valence-corrected chi connectivity index (χ2v) is 5.30. The summed E-state index contributed by atoms with van der Waals surface area (Å²) in [5.74, 6) is 0.0703. The topological polar surface area (TPSA) is 81.8 Å². The van der Waals surface area contributed by atoms with Gasteiger partial charge in [-0.15, -0.1) is 0 Å². The first-order valence-electron chi connectivity index (χ1n) is 6.39. The van der Waals surface area contributed by atoms with E-state index in [0.29, 0.717) is 22.6 Å². The zero-order chi connectivity index (χ0) is 14.9. The summed E-state index contributed by atoms with van der Waals surface area (Å²) in [4.78, 5) is 10.6. The van der Waals surface area contributed by atoms with E-state index in [9.17, 15) is 9.18 Å². The van der Waals surface area contributed by atoms with Crippen LogP contribution in [0.25, 0.3) is 0 Å². The molecule has 6 heteroatoms. The molecule has 2 rings (SSSR count). The average molecular weight is 283 g/mol. The number of halogens is 1. The molecular weight excluding hydrogens is 265 g/mol. The highest BCUT2D eigenvalue weighted by Gasteiger charge is 2.29. The molecule has 110 valence electrons. The number of aliphatic carboxylic acids is 1. The fourth-order valence-corrected chi connectivity index (χ4v) is 2.21. The van der Waals surface area contributed by atoms with Gasteiger partial charge in [0.25, 0.3) is 0 Å². The van der Waals surface area contributed by atoms with Gasteiger partial charge in [-0.2, -0.15) is 0 Å². The lowest BCUT2D eigenvalue weighted by Gasteiger charge is -2.23. The van der Waals surface area contributed by atoms with Crippen molar-refractivity contribution in [3.05, 3.63) is 23.3 Å². The van der Waals surface area contributed by atoms with Gasteiger partial charge in [0.2, 0.25) is 6.79 Å². The van der Waals surface area contributed by atoms with Crippen LogP contribution in [0.2, 0.25) is 0 Å². The van der Waals surface area contributed by atoms with E-state index in [4.69, 9.17) is 20.3 Å². The van der Waals surface area contributed by atoms with Gasteiger partial charge in [-0.05, 0) is 43.5 Å². The van der Waals surface area contributed by atoms with Crippen LogP contribution in [0.1, 0.15) is 43.9 Å². The van der Waals surface area contributed by atoms with Crippen LogP contribution in [0, 0.1) is 0 Å². The Morgan fingerprint density at radius 3 is 2.60 bits per heavy atom. The van der Waals surface area contributed by atoms with Crippen molar-refractivity contribution in [3.8, 4) is 11.5 Å². The third-order valence-electron chi connectivity index (χ3n) is 3.25. The van der Waals surface area contributed by atoms with Gasteiger partial charge in [0.1, 0.15) is 5.67 Å². The number of nitrogens with two attached hydrogens (primary N) is 1. The van der Waals surface area contributed by atoms with Gasteiger partial charge in [-0.25, -0.2) is 4.39 Å². The van der Waals surface area contributed by atoms with E-state index in [2.05, 4.69) is 0 Å². The Morgan fingerprint density at radius 2 is 2.05 bits per heavy atom. The van der Waals surface area contributed by atoms with Gasteiger partial charge < -0.3 is 20.3 Å². The standard InChI is InChI=1S/C14H18FNO4/c1-14(2,15)9-6-12-11(19-7-20-12)5-8(9)10(16)3-4-13(17)18/h5-6,10H,3-4,7,16H2,1-2H3,(H,17,18). The van der Waals surface area contributed by atoms with E-state index in [-0.39, 0.29) is 19.6 Å². The Labute approximate surface area is 116 Å². The van der Waals surface area contributed by atoms with Gasteiger partial charge in [-0.1, -0.05) is 0 Å². The molecule has 1 heterocycles. The molecule has 1 aromatic rings.